The van der Waals surface area contributed by atoms with Gasteiger partial charge < -0.3 is 9.84 Å². The van der Waals surface area contributed by atoms with E-state index >= 15 is 0 Å². The van der Waals surface area contributed by atoms with Crippen LogP contribution in [0, 0.1) is 0 Å². The molecule has 1 aliphatic heterocycles. The van der Waals surface area contributed by atoms with Gasteiger partial charge in [-0.3, -0.25) is 9.69 Å². The van der Waals surface area contributed by atoms with Gasteiger partial charge in [-0.1, -0.05) is 19.8 Å². The highest BCUT2D eigenvalue weighted by atomic mass is 16.5. The van der Waals surface area contributed by atoms with Crippen molar-refractivity contribution < 1.29 is 14.6 Å². The molecule has 0 radical (unpaired) electrons. The summed E-state index contributed by atoms with van der Waals surface area (Å²) in [6.45, 7) is 2.58. The van der Waals surface area contributed by atoms with E-state index in [9.17, 15) is 9.90 Å². The molecule has 0 atom stereocenters. The lowest BCUT2D eigenvalue weighted by Crippen LogP contribution is -2.33. The van der Waals surface area contributed by atoms with Crippen molar-refractivity contribution in [3.8, 4) is 28.6 Å². The molecule has 7 nitrogen and oxygen atoms in total. The molecule has 7 heteroatoms. The van der Waals surface area contributed by atoms with Crippen LogP contribution in [0.3, 0.4) is 0 Å². The number of aromatic hydroxyl groups is 1. The minimum absolute atomic E-state index is 0.0658. The Hall–Kier alpha value is -3.35. The Bertz CT molecular complexity index is 1040. The Kier molecular flexibility index (Phi) is 5.70. The van der Waals surface area contributed by atoms with Gasteiger partial charge in [0.1, 0.15) is 17.3 Å². The molecule has 2 aromatic heterocycles. The maximum absolute atomic E-state index is 12.9. The van der Waals surface area contributed by atoms with E-state index in [2.05, 4.69) is 11.9 Å². The van der Waals surface area contributed by atoms with Crippen molar-refractivity contribution in [3.05, 3.63) is 48.2 Å². The quantitative estimate of drug-likeness (QED) is 0.623. The maximum atomic E-state index is 12.9. The fraction of sp³-hybridized carbons (Fsp3) is 0.348. The third-order valence-electron chi connectivity index (χ3n) is 5.45. The van der Waals surface area contributed by atoms with Crippen molar-refractivity contribution in [2.24, 2.45) is 0 Å². The van der Waals surface area contributed by atoms with E-state index in [0.29, 0.717) is 30.9 Å². The number of carbonyl (C=O) groups excluding carboxylic acids is 1. The summed E-state index contributed by atoms with van der Waals surface area (Å²) in [6, 6.07) is 11.1. The fourth-order valence-corrected chi connectivity index (χ4v) is 3.82. The molecule has 1 amide bonds. The summed E-state index contributed by atoms with van der Waals surface area (Å²) < 4.78 is 6.74. The van der Waals surface area contributed by atoms with Gasteiger partial charge in [0.2, 0.25) is 11.8 Å². The monoisotopic (exact) mass is 406 g/mol. The zero-order valence-electron chi connectivity index (χ0n) is 17.3. The Morgan fingerprint density at radius 3 is 2.73 bits per heavy atom. The van der Waals surface area contributed by atoms with Crippen LogP contribution in [0.2, 0.25) is 0 Å². The first-order valence-corrected chi connectivity index (χ1v) is 10.3. The summed E-state index contributed by atoms with van der Waals surface area (Å²) in [4.78, 5) is 19.1. The molecule has 0 saturated carbocycles. The number of anilines is 1. The Balaban J connectivity index is 1.72. The Morgan fingerprint density at radius 2 is 2.00 bits per heavy atom. The summed E-state index contributed by atoms with van der Waals surface area (Å²) in [6.07, 6.45) is 5.67. The van der Waals surface area contributed by atoms with Crippen LogP contribution < -0.4 is 9.64 Å². The molecular weight excluding hydrogens is 380 g/mol. The largest absolute Gasteiger partial charge is 0.497 e. The fourth-order valence-electron chi connectivity index (χ4n) is 3.82. The van der Waals surface area contributed by atoms with Crippen LogP contribution in [0.25, 0.3) is 16.9 Å². The summed E-state index contributed by atoms with van der Waals surface area (Å²) >= 11 is 0. The predicted octanol–water partition coefficient (Wildman–Crippen LogP) is 4.12. The Labute approximate surface area is 175 Å². The number of methoxy groups -OCH3 is 1. The molecule has 3 aromatic rings. The topological polar surface area (TPSA) is 80.5 Å². The van der Waals surface area contributed by atoms with Crippen molar-refractivity contribution >= 4 is 11.7 Å². The van der Waals surface area contributed by atoms with Crippen molar-refractivity contribution in [1.82, 2.24) is 14.8 Å². The molecule has 4 rings (SSSR count). The molecular formula is C23H26N4O3. The summed E-state index contributed by atoms with van der Waals surface area (Å²) in [5.74, 6) is 1.50. The lowest BCUT2D eigenvalue weighted by atomic mass is 10.1. The molecule has 0 fully saturated rings. The average Bonchev–Trinajstić information content (AvgIpc) is 3.00. The molecule has 156 valence electrons. The zero-order valence-corrected chi connectivity index (χ0v) is 17.3. The number of rotatable bonds is 6. The van der Waals surface area contributed by atoms with E-state index in [0.717, 1.165) is 41.8 Å². The van der Waals surface area contributed by atoms with E-state index in [1.165, 1.54) is 4.68 Å². The standard InChI is InChI=1S/C23H26N4O3/c1-3-4-5-8-20(28)26-15-13-19-21(18-7-6-14-24-22(18)26)25-27(23(19)29)16-9-11-17(30-2)12-10-16/h6-7,9-12,14,29H,3-5,8,13,15H2,1-2H3. The number of unbranched alkanes of at least 4 members (excludes halogenated alkanes) is 2. The summed E-state index contributed by atoms with van der Waals surface area (Å²) in [5, 5.41) is 15.6. The predicted molar refractivity (Wildman–Crippen MR) is 115 cm³/mol. The van der Waals surface area contributed by atoms with Crippen molar-refractivity contribution in [2.45, 2.75) is 39.0 Å². The van der Waals surface area contributed by atoms with Gasteiger partial charge in [-0.05, 0) is 49.2 Å². The first kappa shape index (κ1) is 19.9. The van der Waals surface area contributed by atoms with Gasteiger partial charge in [0.15, 0.2) is 0 Å². The normalized spacial score (nSPS) is 12.8. The number of pyridine rings is 1. The number of nitrogens with zero attached hydrogens (tertiary/aromatic N) is 4. The van der Waals surface area contributed by atoms with E-state index in [4.69, 9.17) is 9.84 Å². The van der Waals surface area contributed by atoms with Gasteiger partial charge in [0.25, 0.3) is 0 Å². The molecule has 0 spiro atoms. The number of fused-ring (bicyclic) bond motifs is 3. The van der Waals surface area contributed by atoms with Gasteiger partial charge >= 0.3 is 0 Å². The van der Waals surface area contributed by atoms with Crippen LogP contribution >= 0.6 is 0 Å². The Morgan fingerprint density at radius 1 is 1.20 bits per heavy atom. The average molecular weight is 406 g/mol. The molecule has 0 bridgehead atoms. The van der Waals surface area contributed by atoms with E-state index in [-0.39, 0.29) is 11.8 Å². The van der Waals surface area contributed by atoms with Crippen molar-refractivity contribution in [2.75, 3.05) is 18.6 Å². The first-order valence-electron chi connectivity index (χ1n) is 10.3. The minimum atomic E-state index is 0.0658. The molecule has 1 N–H and O–H groups in total. The van der Waals surface area contributed by atoms with E-state index < -0.39 is 0 Å². The van der Waals surface area contributed by atoms with Crippen LogP contribution in [-0.2, 0) is 11.2 Å². The second-order valence-electron chi connectivity index (χ2n) is 7.39. The van der Waals surface area contributed by atoms with Gasteiger partial charge in [0, 0.05) is 30.3 Å². The lowest BCUT2D eigenvalue weighted by molar-refractivity contribution is -0.118. The molecule has 30 heavy (non-hydrogen) atoms. The van der Waals surface area contributed by atoms with Gasteiger partial charge in [-0.15, -0.1) is 0 Å². The van der Waals surface area contributed by atoms with Gasteiger partial charge in [-0.25, -0.2) is 9.67 Å². The van der Waals surface area contributed by atoms with Gasteiger partial charge in [0.05, 0.1) is 12.8 Å². The summed E-state index contributed by atoms with van der Waals surface area (Å²) in [7, 11) is 1.61. The number of hydrogen-bond donors (Lipinski definition) is 1. The highest BCUT2D eigenvalue weighted by molar-refractivity contribution is 5.97. The number of hydrogen-bond acceptors (Lipinski definition) is 5. The zero-order chi connectivity index (χ0) is 21.1. The van der Waals surface area contributed by atoms with Crippen LogP contribution in [0.4, 0.5) is 5.82 Å². The van der Waals surface area contributed by atoms with Crippen LogP contribution in [0.15, 0.2) is 42.6 Å². The lowest BCUT2D eigenvalue weighted by Gasteiger charge is -2.21. The number of aromatic nitrogens is 3. The highest BCUT2D eigenvalue weighted by Crippen LogP contribution is 2.39. The van der Waals surface area contributed by atoms with Crippen LogP contribution in [0.1, 0.15) is 38.2 Å². The second kappa shape index (κ2) is 8.57. The molecule has 0 unspecified atom stereocenters. The third-order valence-corrected chi connectivity index (χ3v) is 5.45. The number of ether oxygens (including phenoxy) is 1. The molecule has 0 saturated heterocycles. The molecule has 3 heterocycles. The highest BCUT2D eigenvalue weighted by Gasteiger charge is 2.30. The first-order chi connectivity index (χ1) is 14.6. The third kappa shape index (κ3) is 3.63. The molecule has 1 aromatic carbocycles. The molecule has 1 aliphatic rings. The van der Waals surface area contributed by atoms with Crippen LogP contribution in [0.5, 0.6) is 11.6 Å². The summed E-state index contributed by atoms with van der Waals surface area (Å²) in [5.41, 5.74) is 2.88. The van der Waals surface area contributed by atoms with E-state index in [1.807, 2.05) is 36.4 Å². The van der Waals surface area contributed by atoms with Gasteiger partial charge in [-0.2, -0.15) is 5.10 Å². The van der Waals surface area contributed by atoms with Crippen molar-refractivity contribution in [1.29, 1.82) is 0 Å². The second-order valence-corrected chi connectivity index (χ2v) is 7.39. The maximum Gasteiger partial charge on any atom is 0.228 e. The smallest absolute Gasteiger partial charge is 0.228 e. The number of carbonyl (C=O) groups is 1. The number of benzene rings is 1. The minimum Gasteiger partial charge on any atom is -0.497 e. The van der Waals surface area contributed by atoms with E-state index in [1.54, 1.807) is 18.2 Å². The molecule has 0 aliphatic carbocycles. The van der Waals surface area contributed by atoms with Crippen LogP contribution in [-0.4, -0.2) is 39.4 Å². The number of amides is 1. The van der Waals surface area contributed by atoms with Crippen molar-refractivity contribution in [3.63, 3.8) is 0 Å². The SMILES string of the molecule is CCCCCC(=O)N1CCc2c(nn(-c3ccc(OC)cc3)c2O)-c2cccnc21.